The Kier molecular flexibility index (Phi) is 1.74. The average Bonchev–Trinajstić information content (AvgIpc) is 2.58. The second-order valence-corrected chi connectivity index (χ2v) is 2.73. The van der Waals surface area contributed by atoms with Gasteiger partial charge in [0.05, 0.1) is 10.6 Å². The van der Waals surface area contributed by atoms with Gasteiger partial charge in [0.1, 0.15) is 11.8 Å². The van der Waals surface area contributed by atoms with Crippen LogP contribution < -0.4 is 0 Å². The molecule has 70 valence electrons. The zero-order chi connectivity index (χ0) is 10.1. The molecule has 1 N–H and O–H groups in total. The molecule has 14 heavy (non-hydrogen) atoms. The van der Waals surface area contributed by atoms with E-state index in [1.165, 1.54) is 12.1 Å². The van der Waals surface area contributed by atoms with Gasteiger partial charge in [-0.1, -0.05) is 0 Å². The molecular weight excluding hydrogens is 186 g/mol. The largest absolute Gasteiger partial charge is 0.337 e. The van der Waals surface area contributed by atoms with Crippen molar-refractivity contribution in [1.82, 2.24) is 9.97 Å². The highest BCUT2D eigenvalue weighted by Gasteiger charge is 2.08. The molecule has 0 aliphatic carbocycles. The van der Waals surface area contributed by atoms with Gasteiger partial charge in [-0.15, -0.1) is 0 Å². The summed E-state index contributed by atoms with van der Waals surface area (Å²) in [6.45, 7) is 0. The molecule has 6 heteroatoms. The van der Waals surface area contributed by atoms with Crippen molar-refractivity contribution >= 4 is 23.0 Å². The molecule has 2 aromatic heterocycles. The first-order valence-corrected chi connectivity index (χ1v) is 3.79. The molecule has 0 radical (unpaired) electrons. The molecule has 2 heterocycles. The molecule has 2 aromatic rings. The van der Waals surface area contributed by atoms with Crippen molar-refractivity contribution in [2.24, 2.45) is 0 Å². The van der Waals surface area contributed by atoms with E-state index in [4.69, 9.17) is 0 Å². The number of carbonyl (C=O) groups is 1. The third kappa shape index (κ3) is 1.22. The van der Waals surface area contributed by atoms with Gasteiger partial charge in [-0.2, -0.15) is 0 Å². The SMILES string of the molecule is O=Cc1cc2cc([N+](=O)[O-])cnc2[nH]1. The minimum absolute atomic E-state index is 0.0889. The molecule has 0 aliphatic heterocycles. The number of H-pyrrole nitrogens is 1. The second-order valence-electron chi connectivity index (χ2n) is 2.73. The second kappa shape index (κ2) is 2.91. The van der Waals surface area contributed by atoms with Crippen LogP contribution in [0.4, 0.5) is 5.69 Å². The Balaban J connectivity index is 2.65. The fraction of sp³-hybridized carbons (Fsp3) is 0. The lowest BCUT2D eigenvalue weighted by Crippen LogP contribution is -1.88. The topological polar surface area (TPSA) is 88.9 Å². The number of carbonyl (C=O) groups excluding carboxylic acids is 1. The Morgan fingerprint density at radius 3 is 2.93 bits per heavy atom. The van der Waals surface area contributed by atoms with Crippen LogP contribution in [0.1, 0.15) is 10.5 Å². The van der Waals surface area contributed by atoms with Crippen LogP contribution >= 0.6 is 0 Å². The number of rotatable bonds is 2. The summed E-state index contributed by atoms with van der Waals surface area (Å²) in [7, 11) is 0. The predicted molar refractivity (Wildman–Crippen MR) is 48.1 cm³/mol. The van der Waals surface area contributed by atoms with Gasteiger partial charge in [-0.25, -0.2) is 4.98 Å². The number of aldehydes is 1. The number of aromatic nitrogens is 2. The highest BCUT2D eigenvalue weighted by atomic mass is 16.6. The van der Waals surface area contributed by atoms with Crippen molar-refractivity contribution in [2.75, 3.05) is 0 Å². The van der Waals surface area contributed by atoms with Crippen LogP contribution in [0, 0.1) is 10.1 Å². The number of aromatic amines is 1. The monoisotopic (exact) mass is 191 g/mol. The molecule has 6 nitrogen and oxygen atoms in total. The minimum atomic E-state index is -0.528. The maximum Gasteiger partial charge on any atom is 0.288 e. The summed E-state index contributed by atoms with van der Waals surface area (Å²) < 4.78 is 0. The van der Waals surface area contributed by atoms with E-state index in [0.29, 0.717) is 23.0 Å². The molecular formula is C8H5N3O3. The summed E-state index contributed by atoms with van der Waals surface area (Å²) in [6.07, 6.45) is 1.78. The van der Waals surface area contributed by atoms with Crippen LogP contribution in [0.3, 0.4) is 0 Å². The zero-order valence-corrected chi connectivity index (χ0v) is 6.93. The molecule has 0 saturated carbocycles. The van der Waals surface area contributed by atoms with Gasteiger partial charge in [0.15, 0.2) is 6.29 Å². The van der Waals surface area contributed by atoms with Gasteiger partial charge in [-0.05, 0) is 6.07 Å². The molecule has 0 unspecified atom stereocenters. The normalized spacial score (nSPS) is 10.3. The first-order chi connectivity index (χ1) is 6.70. The zero-order valence-electron chi connectivity index (χ0n) is 6.93. The van der Waals surface area contributed by atoms with Crippen LogP contribution in [-0.4, -0.2) is 21.2 Å². The van der Waals surface area contributed by atoms with Crippen LogP contribution in [-0.2, 0) is 0 Å². The van der Waals surface area contributed by atoms with Crippen LogP contribution in [0.2, 0.25) is 0 Å². The Bertz CT molecular complexity index is 518. The molecule has 0 saturated heterocycles. The van der Waals surface area contributed by atoms with Crippen molar-refractivity contribution in [3.8, 4) is 0 Å². The number of hydrogen-bond acceptors (Lipinski definition) is 4. The van der Waals surface area contributed by atoms with E-state index in [1.807, 2.05) is 0 Å². The van der Waals surface area contributed by atoms with Crippen molar-refractivity contribution in [2.45, 2.75) is 0 Å². The van der Waals surface area contributed by atoms with E-state index in [2.05, 4.69) is 9.97 Å². The summed E-state index contributed by atoms with van der Waals surface area (Å²) in [5.41, 5.74) is 0.736. The number of nitrogens with zero attached hydrogens (tertiary/aromatic N) is 2. The van der Waals surface area contributed by atoms with E-state index in [1.54, 1.807) is 0 Å². The summed E-state index contributed by atoms with van der Waals surface area (Å²) in [5.74, 6) is 0. The highest BCUT2D eigenvalue weighted by Crippen LogP contribution is 2.18. The third-order valence-corrected chi connectivity index (χ3v) is 1.81. The predicted octanol–water partition coefficient (Wildman–Crippen LogP) is 1.28. The summed E-state index contributed by atoms with van der Waals surface area (Å²) >= 11 is 0. The fourth-order valence-corrected chi connectivity index (χ4v) is 1.19. The summed E-state index contributed by atoms with van der Waals surface area (Å²) in [5, 5.41) is 11.0. The van der Waals surface area contributed by atoms with Crippen LogP contribution in [0.15, 0.2) is 18.3 Å². The van der Waals surface area contributed by atoms with Crippen molar-refractivity contribution < 1.29 is 9.72 Å². The molecule has 2 rings (SSSR count). The first kappa shape index (κ1) is 8.36. The van der Waals surface area contributed by atoms with Gasteiger partial charge in [-0.3, -0.25) is 14.9 Å². The van der Waals surface area contributed by atoms with E-state index >= 15 is 0 Å². The quantitative estimate of drug-likeness (QED) is 0.440. The maximum atomic E-state index is 10.4. The maximum absolute atomic E-state index is 10.4. The summed E-state index contributed by atoms with van der Waals surface area (Å²) in [4.78, 5) is 26.8. The van der Waals surface area contributed by atoms with Crippen LogP contribution in [0.5, 0.6) is 0 Å². The number of pyridine rings is 1. The van der Waals surface area contributed by atoms with E-state index in [0.717, 1.165) is 6.20 Å². The standard InChI is InChI=1S/C8H5N3O3/c12-4-6-1-5-2-7(11(13)14)3-9-8(5)10-6/h1-4H,(H,9,10). The first-order valence-electron chi connectivity index (χ1n) is 3.79. The Morgan fingerprint density at radius 1 is 1.50 bits per heavy atom. The van der Waals surface area contributed by atoms with E-state index in [-0.39, 0.29) is 5.69 Å². The number of hydrogen-bond donors (Lipinski definition) is 1. The Hall–Kier alpha value is -2.24. The van der Waals surface area contributed by atoms with Crippen LogP contribution in [0.25, 0.3) is 11.0 Å². The molecule has 0 amide bonds. The van der Waals surface area contributed by atoms with E-state index in [9.17, 15) is 14.9 Å². The van der Waals surface area contributed by atoms with Crippen molar-refractivity contribution in [3.63, 3.8) is 0 Å². The lowest BCUT2D eigenvalue weighted by Gasteiger charge is -1.89. The molecule has 0 atom stereocenters. The minimum Gasteiger partial charge on any atom is -0.337 e. The number of nitro groups is 1. The van der Waals surface area contributed by atoms with Crippen molar-refractivity contribution in [1.29, 1.82) is 0 Å². The number of fused-ring (bicyclic) bond motifs is 1. The van der Waals surface area contributed by atoms with Gasteiger partial charge < -0.3 is 4.98 Å². The molecule has 0 bridgehead atoms. The number of nitrogens with one attached hydrogen (secondary N) is 1. The van der Waals surface area contributed by atoms with Gasteiger partial charge in [0, 0.05) is 11.5 Å². The van der Waals surface area contributed by atoms with Gasteiger partial charge >= 0.3 is 0 Å². The lowest BCUT2D eigenvalue weighted by molar-refractivity contribution is -0.385. The van der Waals surface area contributed by atoms with E-state index < -0.39 is 4.92 Å². The smallest absolute Gasteiger partial charge is 0.288 e. The highest BCUT2D eigenvalue weighted by molar-refractivity contribution is 5.86. The van der Waals surface area contributed by atoms with Gasteiger partial charge in [0.2, 0.25) is 0 Å². The molecule has 0 aliphatic rings. The fourth-order valence-electron chi connectivity index (χ4n) is 1.19. The van der Waals surface area contributed by atoms with Crippen molar-refractivity contribution in [3.05, 3.63) is 34.1 Å². The van der Waals surface area contributed by atoms with Gasteiger partial charge in [0.25, 0.3) is 5.69 Å². The Labute approximate surface area is 77.7 Å². The summed E-state index contributed by atoms with van der Waals surface area (Å²) in [6, 6.07) is 2.88. The molecule has 0 aromatic carbocycles. The average molecular weight is 191 g/mol. The Morgan fingerprint density at radius 2 is 2.29 bits per heavy atom. The lowest BCUT2D eigenvalue weighted by atomic mass is 10.3. The molecule has 0 spiro atoms. The third-order valence-electron chi connectivity index (χ3n) is 1.81. The molecule has 0 fully saturated rings.